The van der Waals surface area contributed by atoms with Crippen molar-refractivity contribution in [3.63, 3.8) is 0 Å². The Morgan fingerprint density at radius 1 is 0.508 bits per heavy atom. The van der Waals surface area contributed by atoms with Gasteiger partial charge in [0.2, 0.25) is 0 Å². The van der Waals surface area contributed by atoms with E-state index in [4.69, 9.17) is 18.9 Å². The number of nitrogens with zero attached hydrogens (tertiary/aromatic N) is 2. The number of benzene rings is 7. The molecule has 0 saturated carbocycles. The second-order valence-corrected chi connectivity index (χ2v) is 20.5. The lowest BCUT2D eigenvalue weighted by Crippen LogP contribution is -2.26. The van der Waals surface area contributed by atoms with Crippen LogP contribution in [0.5, 0.6) is 0 Å². The molecule has 12 rings (SSSR count). The maximum Gasteiger partial charge on any atom is 0.184 e. The highest BCUT2D eigenvalue weighted by Crippen LogP contribution is 2.45. The first-order valence-electron chi connectivity index (χ1n) is 21.7. The molecule has 4 heterocycles. The van der Waals surface area contributed by atoms with E-state index in [-0.39, 0.29) is 18.5 Å². The summed E-state index contributed by atoms with van der Waals surface area (Å²) in [5.74, 6) is 0.216. The van der Waals surface area contributed by atoms with Crippen molar-refractivity contribution in [3.05, 3.63) is 187 Å². The molecule has 1 aliphatic carbocycles. The molecule has 0 bridgehead atoms. The van der Waals surface area contributed by atoms with E-state index < -0.39 is 9.52 Å². The molecule has 9 aromatic rings. The lowest BCUT2D eigenvalue weighted by Gasteiger charge is -2.29. The first-order chi connectivity index (χ1) is 31.2. The summed E-state index contributed by atoms with van der Waals surface area (Å²) in [6.45, 7) is 2.58. The summed E-state index contributed by atoms with van der Waals surface area (Å²) < 4.78 is 26.0. The smallest absolute Gasteiger partial charge is 0.184 e. The molecule has 0 radical (unpaired) electrons. The van der Waals surface area contributed by atoms with Gasteiger partial charge in [-0.15, -0.1) is 22.7 Å². The third-order valence-corrected chi connectivity index (χ3v) is 16.3. The number of hydrogen-bond donors (Lipinski definition) is 0. The van der Waals surface area contributed by atoms with Crippen LogP contribution >= 0.6 is 22.7 Å². The van der Waals surface area contributed by atoms with Gasteiger partial charge < -0.3 is 28.7 Å². The lowest BCUT2D eigenvalue weighted by atomic mass is 9.97. The van der Waals surface area contributed by atoms with Crippen LogP contribution in [0.2, 0.25) is 0 Å². The molecule has 1 unspecified atom stereocenters. The predicted octanol–water partition coefficient (Wildman–Crippen LogP) is 12.0. The van der Waals surface area contributed by atoms with E-state index in [1.54, 1.807) is 0 Å². The van der Waals surface area contributed by atoms with E-state index in [1.165, 1.54) is 73.5 Å². The summed E-state index contributed by atoms with van der Waals surface area (Å²) in [6, 6.07) is 58.2. The number of hydrogen-bond acceptors (Lipinski definition) is 8. The molecule has 1 atom stereocenters. The molecule has 2 aromatic heterocycles. The normalized spacial score (nSPS) is 17.3. The summed E-state index contributed by atoms with van der Waals surface area (Å²) in [5.41, 5.74) is 5.66. The molecule has 6 nitrogen and oxygen atoms in total. The minimum atomic E-state index is -0.771. The summed E-state index contributed by atoms with van der Waals surface area (Å²) in [5, 5.41) is 12.7. The SMILES string of the molecule is C1=CC(C2OCCO2)CC=C1N(c1cc2cc([SiH2]c3ccc4sc(N(c5ccc(C6OCCO6)cc5)c5cccc6ccccc56)cc4c3)ccc2s1)c1cccc2ccccc12. The fourth-order valence-corrected chi connectivity index (χ4v) is 13.1. The molecule has 0 amide bonds. The van der Waals surface area contributed by atoms with Gasteiger partial charge in [0, 0.05) is 43.0 Å². The molecule has 3 aliphatic rings. The molecule has 2 aliphatic heterocycles. The summed E-state index contributed by atoms with van der Waals surface area (Å²) >= 11 is 3.70. The number of ether oxygens (including phenoxy) is 4. The van der Waals surface area contributed by atoms with Gasteiger partial charge in [0.05, 0.1) is 47.3 Å². The zero-order valence-electron chi connectivity index (χ0n) is 34.6. The first-order valence-corrected chi connectivity index (χ1v) is 24.8. The van der Waals surface area contributed by atoms with Gasteiger partial charge in [-0.05, 0) is 82.6 Å². The summed E-state index contributed by atoms with van der Waals surface area (Å²) in [6.07, 6.45) is 7.28. The van der Waals surface area contributed by atoms with Gasteiger partial charge in [-0.3, -0.25) is 0 Å². The minimum Gasteiger partial charge on any atom is -0.350 e. The molecule has 0 N–H and O–H groups in total. The fourth-order valence-electron chi connectivity index (χ4n) is 9.36. The Labute approximate surface area is 376 Å². The van der Waals surface area contributed by atoms with Crippen molar-refractivity contribution in [2.24, 2.45) is 5.92 Å². The average molecular weight is 877 g/mol. The van der Waals surface area contributed by atoms with Gasteiger partial charge in [-0.25, -0.2) is 0 Å². The standard InChI is InChI=1S/C54H44N2O4S2Si/c1-3-11-45-35(7-1)9-5-13-47(45)55(41-19-15-37(16-20-41)53-57-27-28-58-53)51-33-39-31-43(23-25-49(39)61-51)63-44-24-26-50-40(32-44)34-52(62-50)56(48-14-6-10-36-8-2-4-12-46(36)48)42-21-17-38(18-22-42)54-59-29-30-60-54/h1-17,19-26,31-34,38,53-54H,18,27-30,63H2. The van der Waals surface area contributed by atoms with E-state index in [0.29, 0.717) is 26.4 Å². The zero-order valence-corrected chi connectivity index (χ0v) is 37.6. The summed E-state index contributed by atoms with van der Waals surface area (Å²) in [7, 11) is -0.771. The summed E-state index contributed by atoms with van der Waals surface area (Å²) in [4.78, 5) is 4.85. The third kappa shape index (κ3) is 7.49. The Balaban J connectivity index is 0.862. The molecular weight excluding hydrogens is 833 g/mol. The van der Waals surface area contributed by atoms with Crippen molar-refractivity contribution in [1.29, 1.82) is 0 Å². The fraction of sp³-hybridized carbons (Fsp3) is 0.148. The topological polar surface area (TPSA) is 43.4 Å². The highest BCUT2D eigenvalue weighted by atomic mass is 32.1. The van der Waals surface area contributed by atoms with Crippen LogP contribution in [-0.4, -0.2) is 42.2 Å². The van der Waals surface area contributed by atoms with E-state index in [0.717, 1.165) is 23.4 Å². The molecule has 0 spiro atoms. The molecule has 310 valence electrons. The Bertz CT molecular complexity index is 3190. The Morgan fingerprint density at radius 2 is 1.06 bits per heavy atom. The second kappa shape index (κ2) is 16.7. The maximum absolute atomic E-state index is 5.88. The monoisotopic (exact) mass is 876 g/mol. The van der Waals surface area contributed by atoms with Gasteiger partial charge in [0.25, 0.3) is 0 Å². The largest absolute Gasteiger partial charge is 0.350 e. The molecule has 9 heteroatoms. The van der Waals surface area contributed by atoms with Gasteiger partial charge in [0.1, 0.15) is 10.0 Å². The van der Waals surface area contributed by atoms with E-state index >= 15 is 0 Å². The lowest BCUT2D eigenvalue weighted by molar-refractivity contribution is -0.0697. The number of thiophene rings is 2. The molecule has 2 saturated heterocycles. The van der Waals surface area contributed by atoms with Gasteiger partial charge >= 0.3 is 0 Å². The maximum atomic E-state index is 5.88. The molecule has 2 fully saturated rings. The zero-order chi connectivity index (χ0) is 41.7. The number of allylic oxidation sites excluding steroid dienone is 2. The first kappa shape index (κ1) is 38.8. The average Bonchev–Trinajstić information content (AvgIpc) is 4.19. The van der Waals surface area contributed by atoms with Crippen LogP contribution in [0.15, 0.2) is 182 Å². The van der Waals surface area contributed by atoms with Gasteiger partial charge in [-0.1, -0.05) is 132 Å². The minimum absolute atomic E-state index is 0.166. The van der Waals surface area contributed by atoms with Crippen molar-refractivity contribution in [2.45, 2.75) is 19.0 Å². The van der Waals surface area contributed by atoms with E-state index in [2.05, 4.69) is 186 Å². The highest BCUT2D eigenvalue weighted by Gasteiger charge is 2.28. The van der Waals surface area contributed by atoms with Crippen LogP contribution in [0.1, 0.15) is 18.3 Å². The van der Waals surface area contributed by atoms with Crippen LogP contribution in [-0.2, 0) is 18.9 Å². The second-order valence-electron chi connectivity index (χ2n) is 16.4. The Morgan fingerprint density at radius 3 is 1.67 bits per heavy atom. The third-order valence-electron chi connectivity index (χ3n) is 12.4. The van der Waals surface area contributed by atoms with Crippen LogP contribution in [0.3, 0.4) is 0 Å². The van der Waals surface area contributed by atoms with Crippen molar-refractivity contribution in [2.75, 3.05) is 36.2 Å². The van der Waals surface area contributed by atoms with Crippen molar-refractivity contribution in [3.8, 4) is 0 Å². The van der Waals surface area contributed by atoms with Crippen LogP contribution in [0, 0.1) is 5.92 Å². The quantitative estimate of drug-likeness (QED) is 0.128. The number of rotatable bonds is 10. The number of anilines is 5. The highest BCUT2D eigenvalue weighted by molar-refractivity contribution is 7.23. The van der Waals surface area contributed by atoms with Gasteiger partial charge in [-0.2, -0.15) is 0 Å². The molecular formula is C54H44N2O4S2Si. The van der Waals surface area contributed by atoms with Crippen molar-refractivity contribution in [1.82, 2.24) is 0 Å². The predicted molar refractivity (Wildman–Crippen MR) is 265 cm³/mol. The van der Waals surface area contributed by atoms with Crippen molar-refractivity contribution < 1.29 is 18.9 Å². The van der Waals surface area contributed by atoms with Gasteiger partial charge in [0.15, 0.2) is 12.6 Å². The Kier molecular flexibility index (Phi) is 10.3. The van der Waals surface area contributed by atoms with Crippen LogP contribution in [0.4, 0.5) is 27.1 Å². The Hall–Kier alpha value is -5.88. The van der Waals surface area contributed by atoms with Crippen LogP contribution < -0.4 is 20.2 Å². The van der Waals surface area contributed by atoms with Crippen LogP contribution in [0.25, 0.3) is 41.7 Å². The molecule has 63 heavy (non-hydrogen) atoms. The van der Waals surface area contributed by atoms with E-state index in [1.807, 2.05) is 22.7 Å². The van der Waals surface area contributed by atoms with E-state index in [9.17, 15) is 0 Å². The molecule has 7 aromatic carbocycles. The van der Waals surface area contributed by atoms with Crippen molar-refractivity contribution >= 4 is 111 Å². The number of fused-ring (bicyclic) bond motifs is 4.